The third kappa shape index (κ3) is 5.00. The first-order chi connectivity index (χ1) is 22.6. The van der Waals surface area contributed by atoms with Gasteiger partial charge in [0.25, 0.3) is 0 Å². The van der Waals surface area contributed by atoms with Gasteiger partial charge in [0.05, 0.1) is 5.41 Å². The molecule has 0 N–H and O–H groups in total. The Hall–Kier alpha value is -5.37. The zero-order valence-electron chi connectivity index (χ0n) is 25.8. The Balaban J connectivity index is 1.48. The Labute approximate surface area is 277 Å². The lowest BCUT2D eigenvalue weighted by atomic mass is 9.67. The molecule has 0 heterocycles. The van der Waals surface area contributed by atoms with Crippen LogP contribution >= 0.6 is 11.6 Å². The van der Waals surface area contributed by atoms with Gasteiger partial charge in [-0.3, -0.25) is 0 Å². The minimum atomic E-state index is -0.554. The first kappa shape index (κ1) is 29.3. The molecule has 0 saturated carbocycles. The molecule has 0 bridgehead atoms. The summed E-state index contributed by atoms with van der Waals surface area (Å²) >= 11 is 6.61. The normalized spacial score (nSPS) is 15.4. The molecular formula is C44H34ClN. The van der Waals surface area contributed by atoms with Gasteiger partial charge in [0.15, 0.2) is 0 Å². The van der Waals surface area contributed by atoms with Crippen LogP contribution in [0.15, 0.2) is 188 Å². The Kier molecular flexibility index (Phi) is 8.01. The summed E-state index contributed by atoms with van der Waals surface area (Å²) in [7, 11) is 0. The molecule has 1 nitrogen and oxygen atoms in total. The van der Waals surface area contributed by atoms with E-state index in [1.807, 2.05) is 37.3 Å². The van der Waals surface area contributed by atoms with Crippen molar-refractivity contribution in [2.24, 2.45) is 0 Å². The van der Waals surface area contributed by atoms with Gasteiger partial charge in [0.1, 0.15) is 0 Å². The van der Waals surface area contributed by atoms with Gasteiger partial charge in [-0.05, 0) is 93.9 Å². The SMILES string of the molecule is C=C/C(=C\C=C/C)C1(c2ccccc2)c2ccccc2-c2ccc(N(c3ccc(-c4ccccc4)cc3)c3cccc(Cl)c3)cc21. The van der Waals surface area contributed by atoms with Crippen molar-refractivity contribution in [1.82, 2.24) is 0 Å². The van der Waals surface area contributed by atoms with Crippen molar-refractivity contribution in [1.29, 1.82) is 0 Å². The number of anilines is 3. The molecule has 0 spiro atoms. The van der Waals surface area contributed by atoms with E-state index < -0.39 is 5.41 Å². The molecule has 0 aliphatic heterocycles. The quantitative estimate of drug-likeness (QED) is 0.155. The predicted octanol–water partition coefficient (Wildman–Crippen LogP) is 12.5. The molecule has 0 amide bonds. The lowest BCUT2D eigenvalue weighted by molar-refractivity contribution is 0.767. The molecule has 7 rings (SSSR count). The molecule has 222 valence electrons. The summed E-state index contributed by atoms with van der Waals surface area (Å²) in [6.07, 6.45) is 8.40. The maximum absolute atomic E-state index is 6.61. The minimum Gasteiger partial charge on any atom is -0.310 e. The average Bonchev–Trinajstić information content (AvgIpc) is 3.40. The van der Waals surface area contributed by atoms with E-state index in [2.05, 4.69) is 157 Å². The number of halogens is 1. The van der Waals surface area contributed by atoms with Gasteiger partial charge < -0.3 is 4.90 Å². The molecule has 46 heavy (non-hydrogen) atoms. The molecule has 1 aliphatic rings. The molecule has 0 fully saturated rings. The Bertz CT molecular complexity index is 2070. The second-order valence-corrected chi connectivity index (χ2v) is 11.9. The molecule has 0 aromatic heterocycles. The highest BCUT2D eigenvalue weighted by atomic mass is 35.5. The number of rotatable bonds is 8. The summed E-state index contributed by atoms with van der Waals surface area (Å²) in [5.41, 5.74) is 12.2. The van der Waals surface area contributed by atoms with E-state index in [0.717, 1.165) is 22.6 Å². The van der Waals surface area contributed by atoms with Crippen molar-refractivity contribution in [3.8, 4) is 22.3 Å². The van der Waals surface area contributed by atoms with Crippen LogP contribution in [0.25, 0.3) is 22.3 Å². The number of fused-ring (bicyclic) bond motifs is 3. The third-order valence-corrected chi connectivity index (χ3v) is 9.15. The van der Waals surface area contributed by atoms with E-state index >= 15 is 0 Å². The second kappa shape index (κ2) is 12.6. The van der Waals surface area contributed by atoms with Crippen LogP contribution in [0, 0.1) is 0 Å². The number of hydrogen-bond donors (Lipinski definition) is 0. The van der Waals surface area contributed by atoms with Gasteiger partial charge in [0.2, 0.25) is 0 Å². The first-order valence-corrected chi connectivity index (χ1v) is 16.0. The van der Waals surface area contributed by atoms with Gasteiger partial charge in [-0.2, -0.15) is 0 Å². The van der Waals surface area contributed by atoms with Crippen LogP contribution in [0.1, 0.15) is 23.6 Å². The van der Waals surface area contributed by atoms with Crippen molar-refractivity contribution >= 4 is 28.7 Å². The fraction of sp³-hybridized carbons (Fsp3) is 0.0455. The summed E-state index contributed by atoms with van der Waals surface area (Å²) in [5, 5.41) is 0.693. The predicted molar refractivity (Wildman–Crippen MR) is 196 cm³/mol. The lowest BCUT2D eigenvalue weighted by Crippen LogP contribution is -2.29. The molecule has 1 aliphatic carbocycles. The van der Waals surface area contributed by atoms with Crippen molar-refractivity contribution in [2.75, 3.05) is 4.90 Å². The Morgan fingerprint density at radius 1 is 0.609 bits per heavy atom. The standard InChI is InChI=1S/C44H34ClN/c1-3-5-17-34(4-2)44(35-18-10-7-11-19-35)42-23-13-12-22-40(42)41-29-28-39(31-43(41)44)46(38-21-14-20-36(45)30-38)37-26-24-33(25-27-37)32-15-8-6-9-16-32/h3-31H,2H2,1H3/b5-3-,34-17+. The zero-order valence-corrected chi connectivity index (χ0v) is 26.5. The monoisotopic (exact) mass is 611 g/mol. The van der Waals surface area contributed by atoms with Crippen molar-refractivity contribution in [3.63, 3.8) is 0 Å². The molecule has 0 radical (unpaired) electrons. The number of benzene rings is 6. The van der Waals surface area contributed by atoms with Crippen LogP contribution in [0.5, 0.6) is 0 Å². The van der Waals surface area contributed by atoms with Gasteiger partial charge in [-0.25, -0.2) is 0 Å². The summed E-state index contributed by atoms with van der Waals surface area (Å²) in [4.78, 5) is 2.29. The molecular weight excluding hydrogens is 578 g/mol. The second-order valence-electron chi connectivity index (χ2n) is 11.5. The maximum Gasteiger partial charge on any atom is 0.0714 e. The summed E-state index contributed by atoms with van der Waals surface area (Å²) in [5.74, 6) is 0. The van der Waals surface area contributed by atoms with Crippen molar-refractivity contribution in [3.05, 3.63) is 210 Å². The van der Waals surface area contributed by atoms with Gasteiger partial charge in [0, 0.05) is 22.1 Å². The number of nitrogens with zero attached hydrogens (tertiary/aromatic N) is 1. The topological polar surface area (TPSA) is 3.24 Å². The summed E-state index contributed by atoms with van der Waals surface area (Å²) in [6, 6.07) is 53.8. The van der Waals surface area contributed by atoms with Crippen LogP contribution in [-0.4, -0.2) is 0 Å². The molecule has 2 heteroatoms. The van der Waals surface area contributed by atoms with Gasteiger partial charge in [-0.15, -0.1) is 0 Å². The van der Waals surface area contributed by atoms with E-state index in [0.29, 0.717) is 5.02 Å². The van der Waals surface area contributed by atoms with Crippen LogP contribution < -0.4 is 4.90 Å². The molecule has 1 unspecified atom stereocenters. The smallest absolute Gasteiger partial charge is 0.0714 e. The van der Waals surface area contributed by atoms with Gasteiger partial charge >= 0.3 is 0 Å². The fourth-order valence-electron chi connectivity index (χ4n) is 6.93. The number of allylic oxidation sites excluding steroid dienone is 5. The lowest BCUT2D eigenvalue weighted by Gasteiger charge is -2.35. The highest BCUT2D eigenvalue weighted by Gasteiger charge is 2.46. The van der Waals surface area contributed by atoms with Crippen LogP contribution in [-0.2, 0) is 5.41 Å². The molecule has 0 saturated heterocycles. The minimum absolute atomic E-state index is 0.554. The van der Waals surface area contributed by atoms with Crippen LogP contribution in [0.4, 0.5) is 17.1 Å². The highest BCUT2D eigenvalue weighted by Crippen LogP contribution is 2.57. The zero-order chi connectivity index (χ0) is 31.5. The Morgan fingerprint density at radius 2 is 1.24 bits per heavy atom. The molecule has 6 aromatic carbocycles. The fourth-order valence-corrected chi connectivity index (χ4v) is 7.11. The van der Waals surface area contributed by atoms with E-state index in [-0.39, 0.29) is 0 Å². The summed E-state index contributed by atoms with van der Waals surface area (Å²) < 4.78 is 0. The molecule has 1 atom stereocenters. The van der Waals surface area contributed by atoms with E-state index in [9.17, 15) is 0 Å². The summed E-state index contributed by atoms with van der Waals surface area (Å²) in [6.45, 7) is 6.39. The van der Waals surface area contributed by atoms with Crippen molar-refractivity contribution < 1.29 is 0 Å². The third-order valence-electron chi connectivity index (χ3n) is 8.91. The molecule has 6 aromatic rings. The van der Waals surface area contributed by atoms with E-state index in [1.165, 1.54) is 38.9 Å². The van der Waals surface area contributed by atoms with Crippen molar-refractivity contribution in [2.45, 2.75) is 12.3 Å². The van der Waals surface area contributed by atoms with Crippen LogP contribution in [0.3, 0.4) is 0 Å². The Morgan fingerprint density at radius 3 is 1.96 bits per heavy atom. The highest BCUT2D eigenvalue weighted by molar-refractivity contribution is 6.30. The number of hydrogen-bond acceptors (Lipinski definition) is 1. The van der Waals surface area contributed by atoms with Gasteiger partial charge in [-0.1, -0.05) is 152 Å². The van der Waals surface area contributed by atoms with E-state index in [1.54, 1.807) is 0 Å². The average molecular weight is 612 g/mol. The van der Waals surface area contributed by atoms with Crippen LogP contribution in [0.2, 0.25) is 5.02 Å². The maximum atomic E-state index is 6.61. The van der Waals surface area contributed by atoms with E-state index in [4.69, 9.17) is 11.6 Å². The largest absolute Gasteiger partial charge is 0.310 e. The first-order valence-electron chi connectivity index (χ1n) is 15.6.